The van der Waals surface area contributed by atoms with E-state index in [1.54, 1.807) is 12.1 Å². The van der Waals surface area contributed by atoms with E-state index in [9.17, 15) is 13.2 Å². The van der Waals surface area contributed by atoms with Gasteiger partial charge in [-0.15, -0.1) is 0 Å². The maximum Gasteiger partial charge on any atom is 0.251 e. The van der Waals surface area contributed by atoms with Crippen molar-refractivity contribution >= 4 is 49.3 Å². The molecule has 1 fully saturated rings. The molecule has 0 spiro atoms. The lowest BCUT2D eigenvalue weighted by atomic mass is 10.1. The normalized spacial score (nSPS) is 21.6. The minimum Gasteiger partial charge on any atom is -0.361 e. The van der Waals surface area contributed by atoms with Gasteiger partial charge in [0.2, 0.25) is 0 Å². The molecule has 2 aromatic carbocycles. The minimum absolute atomic E-state index is 0.00898. The summed E-state index contributed by atoms with van der Waals surface area (Å²) in [5.74, 6) is 0.209. The second-order valence-corrected chi connectivity index (χ2v) is 11.2. The number of sulfone groups is 1. The van der Waals surface area contributed by atoms with Crippen LogP contribution in [0.2, 0.25) is 0 Å². The van der Waals surface area contributed by atoms with Gasteiger partial charge < -0.3 is 15.6 Å². The second kappa shape index (κ2) is 8.05. The van der Waals surface area contributed by atoms with Crippen LogP contribution < -0.4 is 10.6 Å². The molecule has 1 amide bonds. The molecule has 31 heavy (non-hydrogen) atoms. The van der Waals surface area contributed by atoms with Crippen LogP contribution in [-0.2, 0) is 16.3 Å². The molecule has 0 unspecified atom stereocenters. The summed E-state index contributed by atoms with van der Waals surface area (Å²) in [5, 5.41) is 8.12. The molecule has 2 atom stereocenters. The van der Waals surface area contributed by atoms with Crippen molar-refractivity contribution in [2.45, 2.75) is 17.7 Å². The Morgan fingerprint density at radius 3 is 2.74 bits per heavy atom. The Bertz CT molecular complexity index is 1270. The Morgan fingerprint density at radius 1 is 1.13 bits per heavy atom. The number of para-hydroxylation sites is 1. The van der Waals surface area contributed by atoms with Gasteiger partial charge in [0.25, 0.3) is 5.91 Å². The Morgan fingerprint density at radius 2 is 1.94 bits per heavy atom. The largest absolute Gasteiger partial charge is 0.361 e. The van der Waals surface area contributed by atoms with Gasteiger partial charge in [-0.25, -0.2) is 8.42 Å². The molecule has 2 aliphatic heterocycles. The lowest BCUT2D eigenvalue weighted by Gasteiger charge is -2.08. The summed E-state index contributed by atoms with van der Waals surface area (Å²) < 4.78 is 23.3. The van der Waals surface area contributed by atoms with Crippen LogP contribution in [0, 0.1) is 0 Å². The SMILES string of the molecule is O=C(NCCc1c[nH]c2ccccc12)c1ccc(NC2=N[C@@H]3CS(=O)(=O)C[C@@H]3S2)cc1. The molecule has 3 N–H and O–H groups in total. The number of rotatable bonds is 5. The quantitative estimate of drug-likeness (QED) is 0.550. The molecule has 9 heteroatoms. The van der Waals surface area contributed by atoms with E-state index in [0.717, 1.165) is 22.8 Å². The molecule has 3 heterocycles. The van der Waals surface area contributed by atoms with Crippen molar-refractivity contribution in [2.24, 2.45) is 4.99 Å². The highest BCUT2D eigenvalue weighted by Gasteiger charge is 2.42. The Kier molecular flexibility index (Phi) is 5.23. The Balaban J connectivity index is 1.14. The van der Waals surface area contributed by atoms with Crippen molar-refractivity contribution in [1.82, 2.24) is 10.3 Å². The number of amides is 1. The van der Waals surface area contributed by atoms with E-state index >= 15 is 0 Å². The summed E-state index contributed by atoms with van der Waals surface area (Å²) in [4.78, 5) is 20.2. The van der Waals surface area contributed by atoms with Gasteiger partial charge in [-0.05, 0) is 42.3 Å². The van der Waals surface area contributed by atoms with Crippen LogP contribution in [0.4, 0.5) is 5.69 Å². The smallest absolute Gasteiger partial charge is 0.251 e. The van der Waals surface area contributed by atoms with E-state index in [1.165, 1.54) is 22.7 Å². The van der Waals surface area contributed by atoms with Crippen LogP contribution in [0.25, 0.3) is 10.9 Å². The van der Waals surface area contributed by atoms with Gasteiger partial charge in [-0.3, -0.25) is 9.79 Å². The van der Waals surface area contributed by atoms with Crippen molar-refractivity contribution in [3.63, 3.8) is 0 Å². The highest BCUT2D eigenvalue weighted by atomic mass is 32.2. The molecule has 7 nitrogen and oxygen atoms in total. The third-order valence-corrected chi connectivity index (χ3v) is 8.71. The molecule has 0 saturated carbocycles. The van der Waals surface area contributed by atoms with Crippen LogP contribution in [-0.4, -0.2) is 53.8 Å². The molecular weight excluding hydrogens is 432 g/mol. The van der Waals surface area contributed by atoms with Crippen LogP contribution in [0.1, 0.15) is 15.9 Å². The first-order valence-corrected chi connectivity index (χ1v) is 12.8. The predicted octanol–water partition coefficient (Wildman–Crippen LogP) is 2.82. The molecule has 1 saturated heterocycles. The number of H-pyrrole nitrogens is 1. The number of thioether (sulfide) groups is 1. The number of aliphatic imine (C=N–C) groups is 1. The Labute approximate surface area is 184 Å². The number of anilines is 1. The van der Waals surface area contributed by atoms with E-state index in [2.05, 4.69) is 26.7 Å². The number of carbonyl (C=O) groups excluding carboxylic acids is 1. The maximum atomic E-state index is 12.5. The number of fused-ring (bicyclic) bond motifs is 2. The zero-order valence-corrected chi connectivity index (χ0v) is 18.3. The third-order valence-electron chi connectivity index (χ3n) is 5.57. The van der Waals surface area contributed by atoms with Gasteiger partial charge in [0.05, 0.1) is 17.5 Å². The summed E-state index contributed by atoms with van der Waals surface area (Å²) in [6, 6.07) is 15.2. The van der Waals surface area contributed by atoms with E-state index in [4.69, 9.17) is 0 Å². The fraction of sp³-hybridized carbons (Fsp3) is 0.273. The van der Waals surface area contributed by atoms with E-state index in [0.29, 0.717) is 12.1 Å². The number of aromatic nitrogens is 1. The minimum atomic E-state index is -2.95. The van der Waals surface area contributed by atoms with Crippen molar-refractivity contribution in [2.75, 3.05) is 23.4 Å². The van der Waals surface area contributed by atoms with Crippen molar-refractivity contribution in [3.05, 3.63) is 65.9 Å². The van der Waals surface area contributed by atoms with Crippen molar-refractivity contribution in [1.29, 1.82) is 0 Å². The number of nitrogens with one attached hydrogen (secondary N) is 3. The van der Waals surface area contributed by atoms with E-state index in [-0.39, 0.29) is 28.7 Å². The molecular formula is C22H22N4O3S2. The number of nitrogens with zero attached hydrogens (tertiary/aromatic N) is 1. The first kappa shape index (κ1) is 20.1. The van der Waals surface area contributed by atoms with E-state index in [1.807, 2.05) is 36.5 Å². The fourth-order valence-corrected chi connectivity index (χ4v) is 7.67. The number of amidine groups is 1. The van der Waals surface area contributed by atoms with Gasteiger partial charge in [-0.2, -0.15) is 0 Å². The number of hydrogen-bond acceptors (Lipinski definition) is 6. The Hall–Kier alpha value is -2.78. The number of hydrogen-bond donors (Lipinski definition) is 3. The number of aromatic amines is 1. The third kappa shape index (κ3) is 4.33. The molecule has 3 aromatic rings. The average molecular weight is 455 g/mol. The van der Waals surface area contributed by atoms with Crippen molar-refractivity contribution in [3.8, 4) is 0 Å². The molecule has 2 aliphatic rings. The van der Waals surface area contributed by atoms with E-state index < -0.39 is 9.84 Å². The molecule has 1 aromatic heterocycles. The second-order valence-electron chi connectivity index (χ2n) is 7.80. The van der Waals surface area contributed by atoms with Crippen LogP contribution in [0.15, 0.2) is 59.7 Å². The molecule has 0 bridgehead atoms. The highest BCUT2D eigenvalue weighted by Crippen LogP contribution is 2.34. The predicted molar refractivity (Wildman–Crippen MR) is 126 cm³/mol. The molecule has 0 radical (unpaired) electrons. The van der Waals surface area contributed by atoms with Gasteiger partial charge in [0, 0.05) is 40.1 Å². The first-order chi connectivity index (χ1) is 15.0. The van der Waals surface area contributed by atoms with Gasteiger partial charge in [-0.1, -0.05) is 30.0 Å². The molecule has 0 aliphatic carbocycles. The lowest BCUT2D eigenvalue weighted by molar-refractivity contribution is 0.0954. The zero-order chi connectivity index (χ0) is 21.4. The topological polar surface area (TPSA) is 103 Å². The summed E-state index contributed by atoms with van der Waals surface area (Å²) in [6.45, 7) is 0.555. The van der Waals surface area contributed by atoms with Gasteiger partial charge in [0.1, 0.15) is 0 Å². The highest BCUT2D eigenvalue weighted by molar-refractivity contribution is 8.15. The number of benzene rings is 2. The number of carbonyl (C=O) groups is 1. The summed E-state index contributed by atoms with van der Waals surface area (Å²) in [7, 11) is -2.95. The average Bonchev–Trinajstić information content (AvgIpc) is 3.39. The first-order valence-electron chi connectivity index (χ1n) is 10.1. The molecule has 5 rings (SSSR count). The standard InChI is InChI=1S/C22H22N4O3S2/c27-21(23-10-9-15-11-24-18-4-2-1-3-17(15)18)14-5-7-16(8-6-14)25-22-26-19-12-31(28,29)13-20(19)30-22/h1-8,11,19-20,24H,9-10,12-13H2,(H,23,27)(H,25,26)/t19-,20+/m1/s1. The monoisotopic (exact) mass is 454 g/mol. The summed E-state index contributed by atoms with van der Waals surface area (Å²) >= 11 is 1.48. The van der Waals surface area contributed by atoms with Crippen LogP contribution in [0.3, 0.4) is 0 Å². The van der Waals surface area contributed by atoms with Gasteiger partial charge >= 0.3 is 0 Å². The van der Waals surface area contributed by atoms with Crippen LogP contribution >= 0.6 is 11.8 Å². The van der Waals surface area contributed by atoms with Crippen molar-refractivity contribution < 1.29 is 13.2 Å². The van der Waals surface area contributed by atoms with Crippen LogP contribution in [0.5, 0.6) is 0 Å². The summed E-state index contributed by atoms with van der Waals surface area (Å²) in [6.07, 6.45) is 2.75. The fourth-order valence-electron chi connectivity index (χ4n) is 4.00. The zero-order valence-electron chi connectivity index (χ0n) is 16.7. The molecule has 160 valence electrons. The maximum absolute atomic E-state index is 12.5. The summed E-state index contributed by atoms with van der Waals surface area (Å²) in [5.41, 5.74) is 3.70. The van der Waals surface area contributed by atoms with Gasteiger partial charge in [0.15, 0.2) is 15.0 Å². The lowest BCUT2D eigenvalue weighted by Crippen LogP contribution is -2.25.